The Morgan fingerprint density at radius 2 is 1.55 bits per heavy atom. The van der Waals surface area contributed by atoms with Crippen molar-refractivity contribution >= 4 is 39.1 Å². The number of para-hydroxylation sites is 1. The molecule has 40 heavy (non-hydrogen) atoms. The summed E-state index contributed by atoms with van der Waals surface area (Å²) in [5.74, 6) is -0.293. The van der Waals surface area contributed by atoms with Gasteiger partial charge in [0.05, 0.1) is 17.7 Å². The number of carbonyl (C=O) groups is 2. The standard InChI is InChI=1S/C30H36ClN3O5S/c1-5-22(3)32-30(36)28(6-2)33(20-23-12-14-24(31)15-13-23)29(35)21-34(25-10-8-7-9-11-25)40(37,38)27-18-16-26(39-4)17-19-27/h7-19,22,28H,5-6,20-21H2,1-4H3,(H,32,36)/t22-,28+/m0/s1. The van der Waals surface area contributed by atoms with E-state index in [0.29, 0.717) is 22.9 Å². The van der Waals surface area contributed by atoms with Crippen molar-refractivity contribution < 1.29 is 22.7 Å². The number of methoxy groups -OCH3 is 1. The van der Waals surface area contributed by atoms with Crippen molar-refractivity contribution in [3.63, 3.8) is 0 Å². The fraction of sp³-hybridized carbons (Fsp3) is 0.333. The monoisotopic (exact) mass is 585 g/mol. The molecule has 0 saturated carbocycles. The molecule has 0 aliphatic rings. The number of sulfonamides is 1. The number of rotatable bonds is 13. The summed E-state index contributed by atoms with van der Waals surface area (Å²) in [6.45, 7) is 5.29. The maximum Gasteiger partial charge on any atom is 0.264 e. The summed E-state index contributed by atoms with van der Waals surface area (Å²) in [6, 6.07) is 20.5. The first-order valence-corrected chi connectivity index (χ1v) is 15.0. The highest BCUT2D eigenvalue weighted by atomic mass is 35.5. The fourth-order valence-electron chi connectivity index (χ4n) is 4.15. The minimum Gasteiger partial charge on any atom is -0.497 e. The fourth-order valence-corrected chi connectivity index (χ4v) is 5.69. The molecular weight excluding hydrogens is 550 g/mol. The van der Waals surface area contributed by atoms with Crippen LogP contribution in [0.25, 0.3) is 0 Å². The largest absolute Gasteiger partial charge is 0.497 e. The van der Waals surface area contributed by atoms with E-state index in [4.69, 9.17) is 16.3 Å². The number of benzene rings is 3. The van der Waals surface area contributed by atoms with Crippen LogP contribution in [0.5, 0.6) is 5.75 Å². The van der Waals surface area contributed by atoms with E-state index in [1.807, 2.05) is 20.8 Å². The van der Waals surface area contributed by atoms with Crippen molar-refractivity contribution in [3.05, 3.63) is 89.4 Å². The van der Waals surface area contributed by atoms with Gasteiger partial charge in [-0.1, -0.05) is 55.8 Å². The Hall–Kier alpha value is -3.56. The van der Waals surface area contributed by atoms with Gasteiger partial charge in [0, 0.05) is 17.6 Å². The van der Waals surface area contributed by atoms with Crippen molar-refractivity contribution in [3.8, 4) is 5.75 Å². The minimum absolute atomic E-state index is 0.00996. The van der Waals surface area contributed by atoms with Crippen LogP contribution in [0.3, 0.4) is 0 Å². The molecule has 0 spiro atoms. The average molecular weight is 586 g/mol. The molecule has 8 nitrogen and oxygen atoms in total. The number of halogens is 1. The van der Waals surface area contributed by atoms with Gasteiger partial charge in [-0.3, -0.25) is 13.9 Å². The zero-order valence-corrected chi connectivity index (χ0v) is 24.8. The van der Waals surface area contributed by atoms with Crippen LogP contribution in [-0.4, -0.2) is 50.9 Å². The summed E-state index contributed by atoms with van der Waals surface area (Å²) in [4.78, 5) is 28.8. The first-order valence-electron chi connectivity index (χ1n) is 13.2. The van der Waals surface area contributed by atoms with Crippen LogP contribution in [-0.2, 0) is 26.2 Å². The van der Waals surface area contributed by atoms with Gasteiger partial charge in [-0.15, -0.1) is 0 Å². The lowest BCUT2D eigenvalue weighted by molar-refractivity contribution is -0.140. The Balaban J connectivity index is 2.02. The molecule has 0 unspecified atom stereocenters. The summed E-state index contributed by atoms with van der Waals surface area (Å²) < 4.78 is 34.0. The van der Waals surface area contributed by atoms with Gasteiger partial charge in [-0.05, 0) is 73.9 Å². The molecule has 1 N–H and O–H groups in total. The number of nitrogens with zero attached hydrogens (tertiary/aromatic N) is 2. The highest BCUT2D eigenvalue weighted by molar-refractivity contribution is 7.92. The van der Waals surface area contributed by atoms with Crippen LogP contribution in [0.2, 0.25) is 5.02 Å². The molecule has 214 valence electrons. The SMILES string of the molecule is CC[C@H](C(=O)N[C@@H](C)CC)N(Cc1ccc(Cl)cc1)C(=O)CN(c1ccccc1)S(=O)(=O)c1ccc(OC)cc1. The molecule has 0 aliphatic carbocycles. The van der Waals surface area contributed by atoms with Crippen molar-refractivity contribution in [1.82, 2.24) is 10.2 Å². The lowest BCUT2D eigenvalue weighted by Gasteiger charge is -2.33. The second-order valence-corrected chi connectivity index (χ2v) is 11.7. The molecule has 0 aliphatic heterocycles. The third-order valence-corrected chi connectivity index (χ3v) is 8.66. The van der Waals surface area contributed by atoms with Gasteiger partial charge in [0.1, 0.15) is 18.3 Å². The molecule has 10 heteroatoms. The van der Waals surface area contributed by atoms with E-state index >= 15 is 0 Å². The first-order chi connectivity index (χ1) is 19.1. The summed E-state index contributed by atoms with van der Waals surface area (Å²) in [5.41, 5.74) is 1.09. The molecule has 0 radical (unpaired) electrons. The smallest absolute Gasteiger partial charge is 0.264 e. The van der Waals surface area contributed by atoms with E-state index in [-0.39, 0.29) is 23.4 Å². The highest BCUT2D eigenvalue weighted by Gasteiger charge is 2.34. The summed E-state index contributed by atoms with van der Waals surface area (Å²) in [6.07, 6.45) is 1.08. The van der Waals surface area contributed by atoms with Gasteiger partial charge >= 0.3 is 0 Å². The van der Waals surface area contributed by atoms with Gasteiger partial charge in [0.15, 0.2) is 0 Å². The topological polar surface area (TPSA) is 96.0 Å². The van der Waals surface area contributed by atoms with Crippen molar-refractivity contribution in [2.45, 2.75) is 57.1 Å². The maximum atomic E-state index is 14.0. The van der Waals surface area contributed by atoms with Crippen LogP contribution in [0.4, 0.5) is 5.69 Å². The van der Waals surface area contributed by atoms with Crippen molar-refractivity contribution in [1.29, 1.82) is 0 Å². The Labute approximate surface area is 241 Å². The van der Waals surface area contributed by atoms with E-state index in [0.717, 1.165) is 16.3 Å². The maximum absolute atomic E-state index is 14.0. The molecule has 0 saturated heterocycles. The number of carbonyl (C=O) groups excluding carboxylic acids is 2. The van der Waals surface area contributed by atoms with E-state index in [2.05, 4.69) is 5.32 Å². The summed E-state index contributed by atoms with van der Waals surface area (Å²) in [7, 11) is -2.65. The van der Waals surface area contributed by atoms with Gasteiger partial charge in [0.2, 0.25) is 11.8 Å². The molecule has 0 bridgehead atoms. The first kappa shape index (κ1) is 31.0. The Morgan fingerprint density at radius 1 is 0.925 bits per heavy atom. The third-order valence-electron chi connectivity index (χ3n) is 6.62. The molecular formula is C30H36ClN3O5S. The van der Waals surface area contributed by atoms with Crippen LogP contribution < -0.4 is 14.4 Å². The Morgan fingerprint density at radius 3 is 2.10 bits per heavy atom. The number of ether oxygens (including phenoxy) is 1. The van der Waals surface area contributed by atoms with E-state index in [9.17, 15) is 18.0 Å². The molecule has 2 amide bonds. The van der Waals surface area contributed by atoms with E-state index in [1.165, 1.54) is 24.1 Å². The highest BCUT2D eigenvalue weighted by Crippen LogP contribution is 2.26. The predicted molar refractivity (Wildman–Crippen MR) is 158 cm³/mol. The minimum atomic E-state index is -4.15. The Bertz CT molecular complexity index is 1370. The normalized spacial score (nSPS) is 12.7. The summed E-state index contributed by atoms with van der Waals surface area (Å²) in [5, 5.41) is 3.51. The molecule has 3 aromatic rings. The van der Waals surface area contributed by atoms with E-state index in [1.54, 1.807) is 66.7 Å². The molecule has 0 fully saturated rings. The van der Waals surface area contributed by atoms with Crippen LogP contribution in [0.1, 0.15) is 39.2 Å². The van der Waals surface area contributed by atoms with Gasteiger partial charge < -0.3 is 15.0 Å². The van der Waals surface area contributed by atoms with Crippen LogP contribution >= 0.6 is 11.6 Å². The van der Waals surface area contributed by atoms with Crippen LogP contribution in [0.15, 0.2) is 83.8 Å². The second kappa shape index (κ2) is 14.2. The zero-order chi connectivity index (χ0) is 29.3. The number of nitrogens with one attached hydrogen (secondary N) is 1. The van der Waals surface area contributed by atoms with Crippen molar-refractivity contribution in [2.75, 3.05) is 18.0 Å². The predicted octanol–water partition coefficient (Wildman–Crippen LogP) is 5.27. The molecule has 3 rings (SSSR count). The molecule has 0 heterocycles. The quantitative estimate of drug-likeness (QED) is 0.295. The van der Waals surface area contributed by atoms with Crippen LogP contribution in [0, 0.1) is 0 Å². The third kappa shape index (κ3) is 7.76. The number of amides is 2. The second-order valence-electron chi connectivity index (χ2n) is 9.41. The average Bonchev–Trinajstić information content (AvgIpc) is 2.96. The molecule has 0 aromatic heterocycles. The Kier molecular flexibility index (Phi) is 11.0. The van der Waals surface area contributed by atoms with E-state index < -0.39 is 28.5 Å². The number of anilines is 1. The lowest BCUT2D eigenvalue weighted by Crippen LogP contribution is -2.53. The molecule has 2 atom stereocenters. The lowest BCUT2D eigenvalue weighted by atomic mass is 10.1. The zero-order valence-electron chi connectivity index (χ0n) is 23.2. The van der Waals surface area contributed by atoms with Gasteiger partial charge in [-0.2, -0.15) is 0 Å². The number of hydrogen-bond donors (Lipinski definition) is 1. The van der Waals surface area contributed by atoms with Gasteiger partial charge in [-0.25, -0.2) is 8.42 Å². The van der Waals surface area contributed by atoms with Crippen molar-refractivity contribution in [2.24, 2.45) is 0 Å². The molecule has 3 aromatic carbocycles. The summed E-state index contributed by atoms with van der Waals surface area (Å²) >= 11 is 6.06. The van der Waals surface area contributed by atoms with Gasteiger partial charge in [0.25, 0.3) is 10.0 Å². The number of hydrogen-bond acceptors (Lipinski definition) is 5.